The lowest BCUT2D eigenvalue weighted by molar-refractivity contribution is 0.374. The Morgan fingerprint density at radius 3 is 3.00 bits per heavy atom. The first-order chi connectivity index (χ1) is 8.15. The van der Waals surface area contributed by atoms with Crippen LogP contribution in [0.25, 0.3) is 10.7 Å². The van der Waals surface area contributed by atoms with Gasteiger partial charge in [-0.15, -0.1) is 11.3 Å². The van der Waals surface area contributed by atoms with Gasteiger partial charge in [0.05, 0.1) is 4.88 Å². The van der Waals surface area contributed by atoms with Crippen molar-refractivity contribution in [1.82, 2.24) is 15.5 Å². The topological polar surface area (TPSA) is 51.0 Å². The van der Waals surface area contributed by atoms with E-state index in [-0.39, 0.29) is 0 Å². The van der Waals surface area contributed by atoms with E-state index in [0.717, 1.165) is 22.3 Å². The van der Waals surface area contributed by atoms with Crippen LogP contribution in [0.15, 0.2) is 20.4 Å². The molecule has 0 aliphatic carbocycles. The average molecular weight is 316 g/mol. The summed E-state index contributed by atoms with van der Waals surface area (Å²) in [6.45, 7) is 5.08. The van der Waals surface area contributed by atoms with Crippen molar-refractivity contribution in [1.29, 1.82) is 0 Å². The molecule has 1 N–H and O–H groups in total. The number of thiophene rings is 1. The Labute approximate surface area is 113 Å². The minimum atomic E-state index is 0.477. The molecule has 0 spiro atoms. The molecular weight excluding hydrogens is 302 g/mol. The highest BCUT2D eigenvalue weighted by molar-refractivity contribution is 9.10. The molecule has 2 rings (SSSR count). The molecule has 0 saturated heterocycles. The van der Waals surface area contributed by atoms with E-state index in [1.54, 1.807) is 11.3 Å². The summed E-state index contributed by atoms with van der Waals surface area (Å²) in [6, 6.07) is 2.47. The maximum absolute atomic E-state index is 5.20. The average Bonchev–Trinajstić information content (AvgIpc) is 2.86. The van der Waals surface area contributed by atoms with Crippen LogP contribution in [0.5, 0.6) is 0 Å². The van der Waals surface area contributed by atoms with Gasteiger partial charge in [-0.2, -0.15) is 4.98 Å². The lowest BCUT2D eigenvalue weighted by Gasteiger charge is -2.04. The number of aromatic nitrogens is 2. The highest BCUT2D eigenvalue weighted by atomic mass is 79.9. The van der Waals surface area contributed by atoms with Crippen molar-refractivity contribution in [2.24, 2.45) is 0 Å². The van der Waals surface area contributed by atoms with Crippen molar-refractivity contribution in [3.63, 3.8) is 0 Å². The summed E-state index contributed by atoms with van der Waals surface area (Å²) in [4.78, 5) is 5.38. The van der Waals surface area contributed by atoms with E-state index in [4.69, 9.17) is 4.52 Å². The number of nitrogens with one attached hydrogen (secondary N) is 1. The Morgan fingerprint density at radius 2 is 2.35 bits per heavy atom. The van der Waals surface area contributed by atoms with Crippen molar-refractivity contribution >= 4 is 27.3 Å². The zero-order valence-corrected chi connectivity index (χ0v) is 12.1. The summed E-state index contributed by atoms with van der Waals surface area (Å²) in [5, 5.41) is 9.29. The van der Waals surface area contributed by atoms with Gasteiger partial charge in [-0.1, -0.05) is 19.0 Å². The second-order valence-electron chi connectivity index (χ2n) is 4.00. The molecule has 0 fully saturated rings. The van der Waals surface area contributed by atoms with Gasteiger partial charge in [-0.3, -0.25) is 0 Å². The summed E-state index contributed by atoms with van der Waals surface area (Å²) in [5.74, 6) is 1.35. The van der Waals surface area contributed by atoms with Crippen molar-refractivity contribution in [2.75, 3.05) is 6.54 Å². The molecule has 0 bridgehead atoms. The third-order valence-corrected chi connectivity index (χ3v) is 3.83. The van der Waals surface area contributed by atoms with E-state index >= 15 is 0 Å². The fourth-order valence-corrected chi connectivity index (χ4v) is 2.71. The van der Waals surface area contributed by atoms with Gasteiger partial charge in [0.25, 0.3) is 0 Å². The first-order valence-electron chi connectivity index (χ1n) is 5.45. The van der Waals surface area contributed by atoms with Gasteiger partial charge in [0, 0.05) is 28.9 Å². The van der Waals surface area contributed by atoms with Gasteiger partial charge in [0.15, 0.2) is 0 Å². The van der Waals surface area contributed by atoms with Crippen LogP contribution in [0.1, 0.15) is 19.7 Å². The molecule has 92 valence electrons. The van der Waals surface area contributed by atoms with E-state index in [2.05, 4.69) is 45.2 Å². The fraction of sp³-hybridized carbons (Fsp3) is 0.455. The largest absolute Gasteiger partial charge is 0.339 e. The molecule has 0 aliphatic rings. The molecule has 0 radical (unpaired) electrons. The Bertz CT molecular complexity index is 481. The number of hydrogen-bond donors (Lipinski definition) is 1. The van der Waals surface area contributed by atoms with Crippen molar-refractivity contribution in [3.8, 4) is 10.7 Å². The summed E-state index contributed by atoms with van der Waals surface area (Å²) in [6.07, 6.45) is 0.762. The minimum Gasteiger partial charge on any atom is -0.339 e. The summed E-state index contributed by atoms with van der Waals surface area (Å²) >= 11 is 5.01. The first-order valence-corrected chi connectivity index (χ1v) is 7.13. The van der Waals surface area contributed by atoms with Gasteiger partial charge in [0.2, 0.25) is 11.7 Å². The van der Waals surface area contributed by atoms with Gasteiger partial charge in [0.1, 0.15) is 0 Å². The molecule has 2 aromatic heterocycles. The van der Waals surface area contributed by atoms with E-state index in [1.165, 1.54) is 0 Å². The molecular formula is C11H14BrN3OS. The number of nitrogens with zero attached hydrogens (tertiary/aromatic N) is 2. The second kappa shape index (κ2) is 5.75. The Morgan fingerprint density at radius 1 is 1.53 bits per heavy atom. The molecule has 4 nitrogen and oxygen atoms in total. The standard InChI is InChI=1S/C11H14BrN3OS/c1-7(2)13-4-3-10-14-11(15-16-10)9-5-8(12)6-17-9/h5-7,13H,3-4H2,1-2H3. The Balaban J connectivity index is 1.96. The van der Waals surface area contributed by atoms with Crippen LogP contribution in [0.3, 0.4) is 0 Å². The van der Waals surface area contributed by atoms with E-state index in [0.29, 0.717) is 17.8 Å². The first kappa shape index (κ1) is 12.7. The fourth-order valence-electron chi connectivity index (χ4n) is 1.35. The molecule has 2 aromatic rings. The molecule has 0 aliphatic heterocycles. The van der Waals surface area contributed by atoms with Crippen LogP contribution in [0.2, 0.25) is 0 Å². The smallest absolute Gasteiger partial charge is 0.228 e. The predicted molar refractivity (Wildman–Crippen MR) is 72.2 cm³/mol. The summed E-state index contributed by atoms with van der Waals surface area (Å²) in [7, 11) is 0. The number of rotatable bonds is 5. The van der Waals surface area contributed by atoms with Crippen LogP contribution >= 0.6 is 27.3 Å². The van der Waals surface area contributed by atoms with Crippen LogP contribution in [-0.2, 0) is 6.42 Å². The van der Waals surface area contributed by atoms with E-state index < -0.39 is 0 Å². The van der Waals surface area contributed by atoms with Crippen molar-refractivity contribution < 1.29 is 4.52 Å². The zero-order chi connectivity index (χ0) is 12.3. The summed E-state index contributed by atoms with van der Waals surface area (Å²) < 4.78 is 6.25. The Kier molecular flexibility index (Phi) is 4.31. The quantitative estimate of drug-likeness (QED) is 0.921. The van der Waals surface area contributed by atoms with Gasteiger partial charge >= 0.3 is 0 Å². The zero-order valence-electron chi connectivity index (χ0n) is 9.74. The van der Waals surface area contributed by atoms with E-state index in [1.807, 2.05) is 11.4 Å². The van der Waals surface area contributed by atoms with Gasteiger partial charge in [-0.05, 0) is 22.0 Å². The molecule has 0 atom stereocenters. The molecule has 0 aromatic carbocycles. The van der Waals surface area contributed by atoms with Crippen LogP contribution in [-0.4, -0.2) is 22.7 Å². The maximum Gasteiger partial charge on any atom is 0.228 e. The second-order valence-corrected chi connectivity index (χ2v) is 5.83. The van der Waals surface area contributed by atoms with Gasteiger partial charge < -0.3 is 9.84 Å². The lowest BCUT2D eigenvalue weighted by Crippen LogP contribution is -2.24. The number of hydrogen-bond acceptors (Lipinski definition) is 5. The van der Waals surface area contributed by atoms with Crippen LogP contribution in [0, 0.1) is 0 Å². The molecule has 17 heavy (non-hydrogen) atoms. The molecule has 2 heterocycles. The third-order valence-electron chi connectivity index (χ3n) is 2.15. The Hall–Kier alpha value is -0.720. The maximum atomic E-state index is 5.20. The minimum absolute atomic E-state index is 0.477. The lowest BCUT2D eigenvalue weighted by atomic mass is 10.3. The van der Waals surface area contributed by atoms with Crippen LogP contribution in [0.4, 0.5) is 0 Å². The molecule has 0 amide bonds. The van der Waals surface area contributed by atoms with Crippen LogP contribution < -0.4 is 5.32 Å². The third kappa shape index (κ3) is 3.62. The van der Waals surface area contributed by atoms with E-state index in [9.17, 15) is 0 Å². The van der Waals surface area contributed by atoms with Crippen molar-refractivity contribution in [2.45, 2.75) is 26.3 Å². The molecule has 0 unspecified atom stereocenters. The highest BCUT2D eigenvalue weighted by Crippen LogP contribution is 2.27. The van der Waals surface area contributed by atoms with Crippen molar-refractivity contribution in [3.05, 3.63) is 21.8 Å². The molecule has 0 saturated carbocycles. The van der Waals surface area contributed by atoms with Gasteiger partial charge in [-0.25, -0.2) is 0 Å². The SMILES string of the molecule is CC(C)NCCc1nc(-c2cc(Br)cs2)no1. The number of halogens is 1. The summed E-state index contributed by atoms with van der Waals surface area (Å²) in [5.41, 5.74) is 0. The molecule has 6 heteroatoms. The predicted octanol–water partition coefficient (Wildman–Crippen LogP) is 3.10. The normalized spacial score (nSPS) is 11.3. The monoisotopic (exact) mass is 315 g/mol. The highest BCUT2D eigenvalue weighted by Gasteiger charge is 2.10.